The summed E-state index contributed by atoms with van der Waals surface area (Å²) >= 11 is 0. The van der Waals surface area contributed by atoms with Gasteiger partial charge in [-0.1, -0.05) is 24.3 Å². The van der Waals surface area contributed by atoms with Crippen molar-refractivity contribution in [3.63, 3.8) is 0 Å². The van der Waals surface area contributed by atoms with E-state index in [4.69, 9.17) is 10.5 Å². The molecule has 0 bridgehead atoms. The molecule has 92 valence electrons. The molecule has 18 heavy (non-hydrogen) atoms. The number of amides is 1. The molecule has 2 aromatic rings. The summed E-state index contributed by atoms with van der Waals surface area (Å²) in [5.74, 6) is 0.438. The molecule has 0 aliphatic carbocycles. The van der Waals surface area contributed by atoms with Gasteiger partial charge in [-0.15, -0.1) is 0 Å². The summed E-state index contributed by atoms with van der Waals surface area (Å²) in [4.78, 5) is 14.5. The van der Waals surface area contributed by atoms with Crippen LogP contribution in [0.3, 0.4) is 0 Å². The summed E-state index contributed by atoms with van der Waals surface area (Å²) < 4.78 is 5.19. The maximum Gasteiger partial charge on any atom is 0.248 e. The predicted octanol–water partition coefficient (Wildman–Crippen LogP) is 1.80. The number of hydrogen-bond acceptors (Lipinski definition) is 3. The van der Waals surface area contributed by atoms with E-state index in [1.165, 1.54) is 5.56 Å². The molecule has 0 saturated carbocycles. The van der Waals surface area contributed by atoms with E-state index in [2.05, 4.69) is 11.1 Å². The van der Waals surface area contributed by atoms with Gasteiger partial charge in [0.1, 0.15) is 0 Å². The fraction of sp³-hybridized carbons (Fsp3) is 0.143. The zero-order valence-corrected chi connectivity index (χ0v) is 9.87. The van der Waals surface area contributed by atoms with Gasteiger partial charge in [0, 0.05) is 23.7 Å². The first-order valence-corrected chi connectivity index (χ1v) is 5.69. The number of rotatable bonds is 1. The molecule has 0 fully saturated rings. The normalized spacial score (nSPS) is 11.8. The number of aromatic nitrogens is 1. The Morgan fingerprint density at radius 2 is 1.94 bits per heavy atom. The number of fused-ring (bicyclic) bond motifs is 1. The maximum absolute atomic E-state index is 10.4. The van der Waals surface area contributed by atoms with Crippen LogP contribution in [0.4, 0.5) is 0 Å². The quantitative estimate of drug-likeness (QED) is 0.829. The molecule has 0 spiro atoms. The average molecular weight is 242 g/mol. The molecule has 3 rings (SSSR count). The Bertz CT molecular complexity index is 503. The van der Waals surface area contributed by atoms with Gasteiger partial charge >= 0.3 is 0 Å². The number of primary amides is 1. The van der Waals surface area contributed by atoms with Crippen LogP contribution in [0.1, 0.15) is 15.9 Å². The molecule has 1 aliphatic heterocycles. The van der Waals surface area contributed by atoms with Crippen LogP contribution in [0.5, 0.6) is 5.88 Å². The highest BCUT2D eigenvalue weighted by atomic mass is 16.5. The van der Waals surface area contributed by atoms with Crippen LogP contribution >= 0.6 is 0 Å². The third kappa shape index (κ3) is 3.07. The smallest absolute Gasteiger partial charge is 0.248 e. The van der Waals surface area contributed by atoms with Crippen LogP contribution in [0.25, 0.3) is 0 Å². The Hall–Kier alpha value is -2.36. The van der Waals surface area contributed by atoms with E-state index < -0.39 is 0 Å². The summed E-state index contributed by atoms with van der Waals surface area (Å²) in [6.07, 6.45) is 2.77. The molecule has 0 radical (unpaired) electrons. The highest BCUT2D eigenvalue weighted by Gasteiger charge is 2.10. The topological polar surface area (TPSA) is 65.2 Å². The monoisotopic (exact) mass is 242 g/mol. The Morgan fingerprint density at radius 3 is 2.56 bits per heavy atom. The molecule has 0 unspecified atom stereocenters. The number of nitrogens with zero attached hydrogens (tertiary/aromatic N) is 1. The van der Waals surface area contributed by atoms with Crippen LogP contribution in [0.2, 0.25) is 0 Å². The minimum Gasteiger partial charge on any atom is -0.477 e. The highest BCUT2D eigenvalue weighted by Crippen LogP contribution is 2.19. The van der Waals surface area contributed by atoms with Crippen LogP contribution < -0.4 is 10.5 Å². The first-order chi connectivity index (χ1) is 8.77. The second kappa shape index (κ2) is 5.82. The van der Waals surface area contributed by atoms with E-state index in [1.54, 1.807) is 30.5 Å². The van der Waals surface area contributed by atoms with E-state index in [0.29, 0.717) is 5.56 Å². The largest absolute Gasteiger partial charge is 0.477 e. The van der Waals surface area contributed by atoms with Crippen LogP contribution in [-0.2, 0) is 6.42 Å². The lowest BCUT2D eigenvalue weighted by Crippen LogP contribution is -2.09. The second-order valence-corrected chi connectivity index (χ2v) is 3.80. The first-order valence-electron chi connectivity index (χ1n) is 5.69. The lowest BCUT2D eigenvalue weighted by Gasteiger charge is -1.92. The number of ether oxygens (including phenoxy) is 1. The zero-order valence-electron chi connectivity index (χ0n) is 9.87. The molecule has 1 aromatic heterocycles. The van der Waals surface area contributed by atoms with E-state index in [9.17, 15) is 4.79 Å². The molecule has 2 N–H and O–H groups in total. The summed E-state index contributed by atoms with van der Waals surface area (Å²) in [6, 6.07) is 12.8. The molecule has 1 amide bonds. The molecule has 2 heterocycles. The number of nitrogens with two attached hydrogens (primary N) is 1. The number of carbonyl (C=O) groups is 1. The van der Waals surface area contributed by atoms with Crippen LogP contribution in [0.15, 0.2) is 48.7 Å². The Kier molecular flexibility index (Phi) is 3.91. The zero-order chi connectivity index (χ0) is 12.8. The molecular weight excluding hydrogens is 228 g/mol. The SMILES string of the molecule is NC(=O)c1ccccc1.c1cnc2c(c1)CCO2. The maximum atomic E-state index is 10.4. The van der Waals surface area contributed by atoms with Gasteiger partial charge in [0.2, 0.25) is 11.8 Å². The lowest BCUT2D eigenvalue weighted by atomic mass is 10.2. The predicted molar refractivity (Wildman–Crippen MR) is 68.4 cm³/mol. The lowest BCUT2D eigenvalue weighted by molar-refractivity contribution is 0.100. The van der Waals surface area contributed by atoms with Crippen molar-refractivity contribution in [2.24, 2.45) is 5.73 Å². The molecule has 0 atom stereocenters. The van der Waals surface area contributed by atoms with Gasteiger partial charge in [-0.2, -0.15) is 0 Å². The van der Waals surface area contributed by atoms with Gasteiger partial charge < -0.3 is 10.5 Å². The number of carbonyl (C=O) groups excluding carboxylic acids is 1. The van der Waals surface area contributed by atoms with Crippen LogP contribution in [0, 0.1) is 0 Å². The Labute approximate surface area is 105 Å². The number of pyridine rings is 1. The van der Waals surface area contributed by atoms with Crippen molar-refractivity contribution in [1.82, 2.24) is 4.98 Å². The third-order valence-corrected chi connectivity index (χ3v) is 2.52. The summed E-state index contributed by atoms with van der Waals surface area (Å²) in [5, 5.41) is 0. The van der Waals surface area contributed by atoms with Gasteiger partial charge in [-0.05, 0) is 18.2 Å². The van der Waals surface area contributed by atoms with Gasteiger partial charge in [-0.25, -0.2) is 4.98 Å². The summed E-state index contributed by atoms with van der Waals surface area (Å²) in [5.41, 5.74) is 6.76. The molecule has 1 aliphatic rings. The molecule has 4 nitrogen and oxygen atoms in total. The van der Waals surface area contributed by atoms with Gasteiger partial charge in [0.15, 0.2) is 0 Å². The highest BCUT2D eigenvalue weighted by molar-refractivity contribution is 5.92. The molecule has 4 heteroatoms. The van der Waals surface area contributed by atoms with Crippen molar-refractivity contribution in [2.75, 3.05) is 6.61 Å². The van der Waals surface area contributed by atoms with Gasteiger partial charge in [0.05, 0.1) is 6.61 Å². The fourth-order valence-electron chi connectivity index (χ4n) is 1.60. The third-order valence-electron chi connectivity index (χ3n) is 2.52. The van der Waals surface area contributed by atoms with E-state index in [1.807, 2.05) is 12.1 Å². The Balaban J connectivity index is 0.000000134. The average Bonchev–Trinajstić information content (AvgIpc) is 2.89. The summed E-state index contributed by atoms with van der Waals surface area (Å²) in [6.45, 7) is 0.798. The molecule has 0 saturated heterocycles. The molecular formula is C14H14N2O2. The fourth-order valence-corrected chi connectivity index (χ4v) is 1.60. The first kappa shape index (κ1) is 12.1. The van der Waals surface area contributed by atoms with Gasteiger partial charge in [0.25, 0.3) is 0 Å². The Morgan fingerprint density at radius 1 is 1.17 bits per heavy atom. The van der Waals surface area contributed by atoms with Gasteiger partial charge in [-0.3, -0.25) is 4.79 Å². The minimum atomic E-state index is -0.379. The van der Waals surface area contributed by atoms with E-state index >= 15 is 0 Å². The van der Waals surface area contributed by atoms with Crippen molar-refractivity contribution in [2.45, 2.75) is 6.42 Å². The van der Waals surface area contributed by atoms with Crippen molar-refractivity contribution in [3.05, 3.63) is 59.8 Å². The second-order valence-electron chi connectivity index (χ2n) is 3.80. The van der Waals surface area contributed by atoms with E-state index in [-0.39, 0.29) is 5.91 Å². The van der Waals surface area contributed by atoms with Crippen molar-refractivity contribution < 1.29 is 9.53 Å². The van der Waals surface area contributed by atoms with Crippen molar-refractivity contribution in [1.29, 1.82) is 0 Å². The summed E-state index contributed by atoms with van der Waals surface area (Å²) in [7, 11) is 0. The van der Waals surface area contributed by atoms with Crippen molar-refractivity contribution >= 4 is 5.91 Å². The van der Waals surface area contributed by atoms with Crippen LogP contribution in [-0.4, -0.2) is 17.5 Å². The van der Waals surface area contributed by atoms with E-state index in [0.717, 1.165) is 18.9 Å². The number of hydrogen-bond donors (Lipinski definition) is 1. The number of benzene rings is 1. The van der Waals surface area contributed by atoms with Crippen molar-refractivity contribution in [3.8, 4) is 5.88 Å². The standard InChI is InChI=1S/2C7H7NO/c1-2-6-3-5-9-7(6)8-4-1;8-7(9)6-4-2-1-3-5-6/h1-2,4H,3,5H2;1-5H,(H2,8,9). The molecule has 1 aromatic carbocycles. The minimum absolute atomic E-state index is 0.379.